The molecule has 1 aromatic carbocycles. The van der Waals surface area contributed by atoms with Crippen molar-refractivity contribution < 1.29 is 0 Å². The monoisotopic (exact) mass is 255 g/mol. The fraction of sp³-hybridized carbons (Fsp3) is 0.438. The summed E-state index contributed by atoms with van der Waals surface area (Å²) in [4.78, 5) is 6.86. The van der Waals surface area contributed by atoms with E-state index < -0.39 is 0 Å². The molecule has 3 rings (SSSR count). The molecule has 19 heavy (non-hydrogen) atoms. The number of piperidine rings is 1. The van der Waals surface area contributed by atoms with Crippen molar-refractivity contribution in [3.8, 4) is 0 Å². The van der Waals surface area contributed by atoms with Gasteiger partial charge in [-0.2, -0.15) is 0 Å². The Balaban J connectivity index is 1.74. The van der Waals surface area contributed by atoms with Gasteiger partial charge < -0.3 is 10.2 Å². The van der Waals surface area contributed by atoms with Crippen LogP contribution in [0.25, 0.3) is 10.9 Å². The van der Waals surface area contributed by atoms with Crippen LogP contribution in [0.5, 0.6) is 0 Å². The van der Waals surface area contributed by atoms with Crippen molar-refractivity contribution in [2.24, 2.45) is 0 Å². The third-order valence-corrected chi connectivity index (χ3v) is 3.94. The maximum atomic E-state index is 4.38. The molecule has 3 heteroatoms. The molecule has 1 aliphatic heterocycles. The molecule has 0 atom stereocenters. The Labute approximate surface area is 114 Å². The summed E-state index contributed by atoms with van der Waals surface area (Å²) >= 11 is 0. The summed E-state index contributed by atoms with van der Waals surface area (Å²) in [6, 6.07) is 11.4. The van der Waals surface area contributed by atoms with Crippen LogP contribution in [0.15, 0.2) is 36.5 Å². The zero-order valence-electron chi connectivity index (χ0n) is 11.5. The second-order valence-corrected chi connectivity index (χ2v) is 5.20. The molecule has 0 unspecified atom stereocenters. The Morgan fingerprint density at radius 3 is 2.89 bits per heavy atom. The van der Waals surface area contributed by atoms with E-state index in [1.807, 2.05) is 12.3 Å². The van der Waals surface area contributed by atoms with Crippen LogP contribution < -0.4 is 10.2 Å². The predicted molar refractivity (Wildman–Crippen MR) is 80.7 cm³/mol. The molecule has 0 radical (unpaired) electrons. The fourth-order valence-electron chi connectivity index (χ4n) is 2.89. The van der Waals surface area contributed by atoms with Crippen LogP contribution in [-0.2, 0) is 0 Å². The van der Waals surface area contributed by atoms with Crippen molar-refractivity contribution >= 4 is 16.6 Å². The van der Waals surface area contributed by atoms with Gasteiger partial charge in [-0.05, 0) is 43.7 Å². The molecular formula is C16H21N3. The van der Waals surface area contributed by atoms with Gasteiger partial charge in [0, 0.05) is 36.4 Å². The first-order chi connectivity index (χ1) is 9.36. The van der Waals surface area contributed by atoms with Crippen molar-refractivity contribution in [2.75, 3.05) is 24.5 Å². The Morgan fingerprint density at radius 2 is 2.11 bits per heavy atom. The molecule has 3 nitrogen and oxygen atoms in total. The van der Waals surface area contributed by atoms with Gasteiger partial charge in [0.15, 0.2) is 0 Å². The lowest BCUT2D eigenvalue weighted by molar-refractivity contribution is 0.424. The second-order valence-electron chi connectivity index (χ2n) is 5.20. The van der Waals surface area contributed by atoms with Crippen LogP contribution in [0, 0.1) is 0 Å². The van der Waals surface area contributed by atoms with E-state index in [1.54, 1.807) is 0 Å². The quantitative estimate of drug-likeness (QED) is 0.914. The molecule has 1 aliphatic rings. The fourth-order valence-corrected chi connectivity index (χ4v) is 2.89. The van der Waals surface area contributed by atoms with E-state index >= 15 is 0 Å². The number of anilines is 1. The zero-order chi connectivity index (χ0) is 13.1. The van der Waals surface area contributed by atoms with Gasteiger partial charge in [-0.1, -0.05) is 13.0 Å². The van der Waals surface area contributed by atoms with E-state index in [9.17, 15) is 0 Å². The third kappa shape index (κ3) is 2.71. The molecule has 1 N–H and O–H groups in total. The Kier molecular flexibility index (Phi) is 3.65. The highest BCUT2D eigenvalue weighted by molar-refractivity contribution is 5.82. The van der Waals surface area contributed by atoms with E-state index in [0.29, 0.717) is 6.04 Å². The largest absolute Gasteiger partial charge is 0.371 e. The van der Waals surface area contributed by atoms with Gasteiger partial charge >= 0.3 is 0 Å². The molecule has 0 aliphatic carbocycles. The highest BCUT2D eigenvalue weighted by atomic mass is 15.1. The number of nitrogens with one attached hydrogen (secondary N) is 1. The molecule has 2 aromatic rings. The second kappa shape index (κ2) is 5.57. The van der Waals surface area contributed by atoms with Crippen molar-refractivity contribution in [3.63, 3.8) is 0 Å². The minimum Gasteiger partial charge on any atom is -0.371 e. The number of fused-ring (bicyclic) bond motifs is 1. The molecular weight excluding hydrogens is 234 g/mol. The average Bonchev–Trinajstić information content (AvgIpc) is 2.48. The van der Waals surface area contributed by atoms with Crippen molar-refractivity contribution in [2.45, 2.75) is 25.8 Å². The van der Waals surface area contributed by atoms with Crippen molar-refractivity contribution in [1.82, 2.24) is 10.3 Å². The predicted octanol–water partition coefficient (Wildman–Crippen LogP) is 2.81. The highest BCUT2D eigenvalue weighted by Crippen LogP contribution is 2.23. The Bertz CT molecular complexity index is 544. The normalized spacial score (nSPS) is 17.0. The van der Waals surface area contributed by atoms with Crippen molar-refractivity contribution in [1.29, 1.82) is 0 Å². The van der Waals surface area contributed by atoms with Gasteiger partial charge in [0.2, 0.25) is 0 Å². The van der Waals surface area contributed by atoms with Gasteiger partial charge in [0.05, 0.1) is 5.52 Å². The molecule has 0 saturated carbocycles. The first-order valence-electron chi connectivity index (χ1n) is 7.20. The smallest absolute Gasteiger partial charge is 0.0703 e. The number of rotatable bonds is 3. The summed E-state index contributed by atoms with van der Waals surface area (Å²) in [5.74, 6) is 0. The summed E-state index contributed by atoms with van der Waals surface area (Å²) in [5.41, 5.74) is 2.41. The molecule has 0 bridgehead atoms. The SMILES string of the molecule is CCNC1CCN(c2ccc3ncccc3c2)CC1. The van der Waals surface area contributed by atoms with Gasteiger partial charge in [-0.15, -0.1) is 0 Å². The minimum atomic E-state index is 0.698. The summed E-state index contributed by atoms with van der Waals surface area (Å²) in [5, 5.41) is 4.78. The lowest BCUT2D eigenvalue weighted by Gasteiger charge is -2.34. The van der Waals surface area contributed by atoms with E-state index in [-0.39, 0.29) is 0 Å². The number of benzene rings is 1. The average molecular weight is 255 g/mol. The standard InChI is InChI=1S/C16H21N3/c1-2-17-14-7-10-19(11-8-14)15-5-6-16-13(12-15)4-3-9-18-16/h3-6,9,12,14,17H,2,7-8,10-11H2,1H3. The minimum absolute atomic E-state index is 0.698. The van der Waals surface area contributed by atoms with Gasteiger partial charge in [-0.3, -0.25) is 4.98 Å². The Hall–Kier alpha value is -1.61. The van der Waals surface area contributed by atoms with Gasteiger partial charge in [0.1, 0.15) is 0 Å². The summed E-state index contributed by atoms with van der Waals surface area (Å²) in [6.45, 7) is 5.54. The van der Waals surface area contributed by atoms with E-state index in [4.69, 9.17) is 0 Å². The van der Waals surface area contributed by atoms with Gasteiger partial charge in [-0.25, -0.2) is 0 Å². The number of nitrogens with zero attached hydrogens (tertiary/aromatic N) is 2. The first-order valence-corrected chi connectivity index (χ1v) is 7.20. The molecule has 1 fully saturated rings. The van der Waals surface area contributed by atoms with Crippen LogP contribution in [0.2, 0.25) is 0 Å². The molecule has 1 aromatic heterocycles. The maximum Gasteiger partial charge on any atom is 0.0703 e. The van der Waals surface area contributed by atoms with Crippen LogP contribution in [0.3, 0.4) is 0 Å². The zero-order valence-corrected chi connectivity index (χ0v) is 11.5. The topological polar surface area (TPSA) is 28.2 Å². The molecule has 1 saturated heterocycles. The number of hydrogen-bond donors (Lipinski definition) is 1. The van der Waals surface area contributed by atoms with Crippen LogP contribution >= 0.6 is 0 Å². The highest BCUT2D eigenvalue weighted by Gasteiger charge is 2.18. The van der Waals surface area contributed by atoms with E-state index in [0.717, 1.165) is 25.2 Å². The van der Waals surface area contributed by atoms with Crippen LogP contribution in [0.1, 0.15) is 19.8 Å². The molecule has 0 amide bonds. The molecule has 0 spiro atoms. The van der Waals surface area contributed by atoms with E-state index in [2.05, 4.69) is 46.4 Å². The first kappa shape index (κ1) is 12.4. The van der Waals surface area contributed by atoms with E-state index in [1.165, 1.54) is 23.9 Å². The summed E-state index contributed by atoms with van der Waals surface area (Å²) < 4.78 is 0. The number of aromatic nitrogens is 1. The molecule has 100 valence electrons. The summed E-state index contributed by atoms with van der Waals surface area (Å²) in [7, 11) is 0. The third-order valence-electron chi connectivity index (χ3n) is 3.94. The lowest BCUT2D eigenvalue weighted by Crippen LogP contribution is -2.42. The maximum absolute atomic E-state index is 4.38. The Morgan fingerprint density at radius 1 is 1.26 bits per heavy atom. The van der Waals surface area contributed by atoms with Crippen molar-refractivity contribution in [3.05, 3.63) is 36.5 Å². The molecule has 2 heterocycles. The summed E-state index contributed by atoms with van der Waals surface area (Å²) in [6.07, 6.45) is 4.32. The lowest BCUT2D eigenvalue weighted by atomic mass is 10.0. The van der Waals surface area contributed by atoms with Crippen LogP contribution in [0.4, 0.5) is 5.69 Å². The number of hydrogen-bond acceptors (Lipinski definition) is 3. The van der Waals surface area contributed by atoms with Gasteiger partial charge in [0.25, 0.3) is 0 Å². The number of pyridine rings is 1. The van der Waals surface area contributed by atoms with Crippen LogP contribution in [-0.4, -0.2) is 30.7 Å².